The molecule has 6 nitrogen and oxygen atoms in total. The summed E-state index contributed by atoms with van der Waals surface area (Å²) in [6.07, 6.45) is 4.44. The number of benzene rings is 1. The van der Waals surface area contributed by atoms with E-state index in [1.807, 2.05) is 44.4 Å². The van der Waals surface area contributed by atoms with Gasteiger partial charge in [-0.05, 0) is 31.4 Å². The third-order valence-corrected chi connectivity index (χ3v) is 4.16. The molecule has 24 heavy (non-hydrogen) atoms. The second kappa shape index (κ2) is 7.05. The fourth-order valence-corrected chi connectivity index (χ4v) is 2.67. The topological polar surface area (TPSA) is 67.6 Å². The predicted molar refractivity (Wildman–Crippen MR) is 89.5 cm³/mol. The van der Waals surface area contributed by atoms with Crippen LogP contribution in [0.4, 0.5) is 0 Å². The number of aryl methyl sites for hydroxylation is 2. The summed E-state index contributed by atoms with van der Waals surface area (Å²) in [7, 11) is 1.84. The summed E-state index contributed by atoms with van der Waals surface area (Å²) in [5.41, 5.74) is 1.94. The molecule has 2 aromatic rings. The summed E-state index contributed by atoms with van der Waals surface area (Å²) in [4.78, 5) is 14.3. The van der Waals surface area contributed by atoms with Gasteiger partial charge >= 0.3 is 0 Å². The fourth-order valence-electron chi connectivity index (χ4n) is 2.67. The van der Waals surface area contributed by atoms with Crippen molar-refractivity contribution in [3.63, 3.8) is 0 Å². The monoisotopic (exact) mass is 329 g/mol. The summed E-state index contributed by atoms with van der Waals surface area (Å²) < 4.78 is 7.32. The highest BCUT2D eigenvalue weighted by molar-refractivity contribution is 5.81. The Kier molecular flexibility index (Phi) is 4.85. The Hall–Kier alpha value is -2.34. The maximum absolute atomic E-state index is 12.6. The highest BCUT2D eigenvalue weighted by atomic mass is 16.5. The minimum Gasteiger partial charge on any atom is -0.490 e. The Bertz CT molecular complexity index is 709. The van der Waals surface area contributed by atoms with Gasteiger partial charge in [-0.1, -0.05) is 18.2 Å². The van der Waals surface area contributed by atoms with Crippen LogP contribution in [0.2, 0.25) is 0 Å². The molecule has 1 aromatic heterocycles. The molecule has 1 heterocycles. The molecule has 6 heteroatoms. The molecule has 0 bridgehead atoms. The Morgan fingerprint density at radius 3 is 2.83 bits per heavy atom. The molecule has 0 radical (unpaired) electrons. The van der Waals surface area contributed by atoms with Crippen LogP contribution in [0.3, 0.4) is 0 Å². The van der Waals surface area contributed by atoms with Gasteiger partial charge in [-0.3, -0.25) is 9.48 Å². The van der Waals surface area contributed by atoms with Crippen molar-refractivity contribution < 1.29 is 14.6 Å². The van der Waals surface area contributed by atoms with Gasteiger partial charge in [0.1, 0.15) is 12.4 Å². The van der Waals surface area contributed by atoms with Gasteiger partial charge in [0.15, 0.2) is 6.10 Å². The average molecular weight is 329 g/mol. The molecule has 1 aromatic carbocycles. The molecule has 1 unspecified atom stereocenters. The van der Waals surface area contributed by atoms with Crippen molar-refractivity contribution >= 4 is 5.91 Å². The standard InChI is InChI=1S/C18H23N3O3/c1-13-5-3-4-6-17(13)24-12-16(22)18(23)21(15-7-8-15)11-14-9-19-20(2)10-14/h3-6,9-10,15-16,22H,7-8,11-12H2,1-2H3. The van der Waals surface area contributed by atoms with E-state index < -0.39 is 6.10 Å². The van der Waals surface area contributed by atoms with Crippen LogP contribution in [0.15, 0.2) is 36.7 Å². The SMILES string of the molecule is Cc1ccccc1OCC(O)C(=O)N(Cc1cnn(C)c1)C1CC1. The van der Waals surface area contributed by atoms with E-state index in [4.69, 9.17) is 4.74 Å². The molecule has 3 rings (SSSR count). The molecular formula is C18H23N3O3. The highest BCUT2D eigenvalue weighted by Gasteiger charge is 2.35. The van der Waals surface area contributed by atoms with Crippen LogP contribution in [-0.4, -0.2) is 44.4 Å². The molecule has 0 saturated heterocycles. The summed E-state index contributed by atoms with van der Waals surface area (Å²) in [6, 6.07) is 7.77. The summed E-state index contributed by atoms with van der Waals surface area (Å²) in [5, 5.41) is 14.4. The van der Waals surface area contributed by atoms with Crippen molar-refractivity contribution in [2.75, 3.05) is 6.61 Å². The number of aliphatic hydroxyl groups is 1. The molecule has 1 aliphatic rings. The molecule has 1 N–H and O–H groups in total. The van der Waals surface area contributed by atoms with E-state index in [9.17, 15) is 9.90 Å². The second-order valence-corrected chi connectivity index (χ2v) is 6.31. The summed E-state index contributed by atoms with van der Waals surface area (Å²) in [5.74, 6) is 0.407. The largest absolute Gasteiger partial charge is 0.490 e. The van der Waals surface area contributed by atoms with E-state index in [1.165, 1.54) is 0 Å². The number of hydrogen-bond acceptors (Lipinski definition) is 4. The first-order valence-electron chi connectivity index (χ1n) is 8.19. The summed E-state index contributed by atoms with van der Waals surface area (Å²) in [6.45, 7) is 2.36. The predicted octanol–water partition coefficient (Wildman–Crippen LogP) is 1.66. The van der Waals surface area contributed by atoms with Crippen molar-refractivity contribution in [1.29, 1.82) is 0 Å². The smallest absolute Gasteiger partial charge is 0.255 e. The van der Waals surface area contributed by atoms with Gasteiger partial charge in [0.25, 0.3) is 5.91 Å². The van der Waals surface area contributed by atoms with Gasteiger partial charge < -0.3 is 14.7 Å². The molecule has 128 valence electrons. The number of nitrogens with zero attached hydrogens (tertiary/aromatic N) is 3. The quantitative estimate of drug-likeness (QED) is 0.839. The molecule has 0 aliphatic heterocycles. The van der Waals surface area contributed by atoms with Gasteiger partial charge in [0, 0.05) is 31.4 Å². The van der Waals surface area contributed by atoms with Crippen LogP contribution in [0.5, 0.6) is 5.75 Å². The molecule has 0 spiro atoms. The van der Waals surface area contributed by atoms with E-state index in [1.54, 1.807) is 15.8 Å². The van der Waals surface area contributed by atoms with Crippen molar-refractivity contribution in [1.82, 2.24) is 14.7 Å². The Labute approximate surface area is 141 Å². The second-order valence-electron chi connectivity index (χ2n) is 6.31. The van der Waals surface area contributed by atoms with Crippen LogP contribution >= 0.6 is 0 Å². The zero-order valence-corrected chi connectivity index (χ0v) is 14.1. The van der Waals surface area contributed by atoms with Crippen LogP contribution < -0.4 is 4.74 Å². The molecular weight excluding hydrogens is 306 g/mol. The zero-order valence-electron chi connectivity index (χ0n) is 14.1. The van der Waals surface area contributed by atoms with Crippen molar-refractivity contribution in [2.45, 2.75) is 38.5 Å². The van der Waals surface area contributed by atoms with Crippen molar-refractivity contribution in [2.24, 2.45) is 7.05 Å². The number of carbonyl (C=O) groups is 1. The Balaban J connectivity index is 1.61. The van der Waals surface area contributed by atoms with E-state index in [0.29, 0.717) is 12.3 Å². The van der Waals surface area contributed by atoms with Gasteiger partial charge in [0.05, 0.1) is 6.20 Å². The maximum Gasteiger partial charge on any atom is 0.255 e. The van der Waals surface area contributed by atoms with E-state index >= 15 is 0 Å². The number of ether oxygens (including phenoxy) is 1. The van der Waals surface area contributed by atoms with Crippen LogP contribution in [0.25, 0.3) is 0 Å². The van der Waals surface area contributed by atoms with Crippen molar-refractivity contribution in [3.8, 4) is 5.75 Å². The number of aromatic nitrogens is 2. The van der Waals surface area contributed by atoms with Gasteiger partial charge in [-0.25, -0.2) is 0 Å². The van der Waals surface area contributed by atoms with Crippen LogP contribution in [-0.2, 0) is 18.4 Å². The van der Waals surface area contributed by atoms with Gasteiger partial charge in [-0.15, -0.1) is 0 Å². The highest BCUT2D eigenvalue weighted by Crippen LogP contribution is 2.29. The lowest BCUT2D eigenvalue weighted by Gasteiger charge is -2.25. The normalized spacial score (nSPS) is 15.1. The zero-order chi connectivity index (χ0) is 17.1. The number of amides is 1. The van der Waals surface area contributed by atoms with Gasteiger partial charge in [-0.2, -0.15) is 5.10 Å². The Morgan fingerprint density at radius 1 is 1.46 bits per heavy atom. The fraction of sp³-hybridized carbons (Fsp3) is 0.444. The number of aliphatic hydroxyl groups excluding tert-OH is 1. The number of carbonyl (C=O) groups excluding carboxylic acids is 1. The third kappa shape index (κ3) is 3.94. The van der Waals surface area contributed by atoms with E-state index in [-0.39, 0.29) is 18.6 Å². The number of hydrogen-bond donors (Lipinski definition) is 1. The molecule has 1 aliphatic carbocycles. The lowest BCUT2D eigenvalue weighted by atomic mass is 10.2. The van der Waals surface area contributed by atoms with Crippen LogP contribution in [0.1, 0.15) is 24.0 Å². The minimum atomic E-state index is -1.16. The first kappa shape index (κ1) is 16.5. The molecule has 1 amide bonds. The first-order chi connectivity index (χ1) is 11.5. The molecule has 1 fully saturated rings. The molecule has 1 atom stereocenters. The lowest BCUT2D eigenvalue weighted by molar-refractivity contribution is -0.143. The first-order valence-corrected chi connectivity index (χ1v) is 8.19. The van der Waals surface area contributed by atoms with Crippen molar-refractivity contribution in [3.05, 3.63) is 47.8 Å². The summed E-state index contributed by atoms with van der Waals surface area (Å²) >= 11 is 0. The maximum atomic E-state index is 12.6. The Morgan fingerprint density at radius 2 is 2.21 bits per heavy atom. The van der Waals surface area contributed by atoms with E-state index in [0.717, 1.165) is 24.0 Å². The van der Waals surface area contributed by atoms with Crippen LogP contribution in [0, 0.1) is 6.92 Å². The average Bonchev–Trinajstić information content (AvgIpc) is 3.33. The minimum absolute atomic E-state index is 0.0417. The number of rotatable bonds is 7. The number of para-hydroxylation sites is 1. The third-order valence-electron chi connectivity index (χ3n) is 4.16. The molecule has 1 saturated carbocycles. The van der Waals surface area contributed by atoms with E-state index in [2.05, 4.69) is 5.10 Å². The lowest BCUT2D eigenvalue weighted by Crippen LogP contribution is -2.42. The van der Waals surface area contributed by atoms with Gasteiger partial charge in [0.2, 0.25) is 0 Å².